The van der Waals surface area contributed by atoms with Gasteiger partial charge in [0.15, 0.2) is 10.8 Å². The van der Waals surface area contributed by atoms with Gasteiger partial charge in [-0.25, -0.2) is 9.07 Å². The molecule has 0 aliphatic carbocycles. The summed E-state index contributed by atoms with van der Waals surface area (Å²) in [6, 6.07) is 16.2. The molecule has 31 heavy (non-hydrogen) atoms. The van der Waals surface area contributed by atoms with Crippen molar-refractivity contribution in [2.45, 2.75) is 19.8 Å². The minimum absolute atomic E-state index is 0.150. The molecule has 2 aromatic carbocycles. The van der Waals surface area contributed by atoms with Gasteiger partial charge < -0.3 is 10.2 Å². The van der Waals surface area contributed by atoms with Crippen LogP contribution in [0, 0.1) is 18.7 Å². The number of piperidine rings is 1. The molecular weight excluding hydrogens is 413 g/mol. The summed E-state index contributed by atoms with van der Waals surface area (Å²) in [5, 5.41) is 8.28. The summed E-state index contributed by atoms with van der Waals surface area (Å²) in [7, 11) is 0. The standard InChI is InChI=1S/C23H22FN5OS/c1-15-20-21(29(27-15)17-9-3-2-4-10-17)26-23(31-20)28-13-7-8-16(14-28)22(30)25-19-12-6-5-11-18(19)24/h2-6,9-12,16H,7-8,13-14H2,1H3,(H,25,30). The Hall–Kier alpha value is -3.26. The average molecular weight is 436 g/mol. The van der Waals surface area contributed by atoms with Gasteiger partial charge in [-0.3, -0.25) is 4.79 Å². The van der Waals surface area contributed by atoms with Crippen LogP contribution in [-0.4, -0.2) is 33.8 Å². The molecular formula is C23H22FN5OS. The predicted octanol–water partition coefficient (Wildman–Crippen LogP) is 4.78. The SMILES string of the molecule is Cc1nn(-c2ccccc2)c2nc(N3CCCC(C(=O)Nc4ccccc4F)C3)sc12. The number of nitrogens with zero attached hydrogens (tertiary/aromatic N) is 4. The zero-order valence-electron chi connectivity index (χ0n) is 17.1. The summed E-state index contributed by atoms with van der Waals surface area (Å²) in [6.45, 7) is 3.40. The minimum atomic E-state index is -0.421. The second-order valence-corrected chi connectivity index (χ2v) is 8.71. The number of amides is 1. The molecule has 1 unspecified atom stereocenters. The number of carbonyl (C=O) groups excluding carboxylic acids is 1. The maximum atomic E-state index is 13.9. The topological polar surface area (TPSA) is 63.1 Å². The number of benzene rings is 2. The molecule has 1 saturated heterocycles. The fourth-order valence-electron chi connectivity index (χ4n) is 3.97. The molecule has 8 heteroatoms. The first kappa shape index (κ1) is 19.7. The summed E-state index contributed by atoms with van der Waals surface area (Å²) < 4.78 is 16.8. The van der Waals surface area contributed by atoms with Crippen LogP contribution in [0.5, 0.6) is 0 Å². The summed E-state index contributed by atoms with van der Waals surface area (Å²) in [4.78, 5) is 19.8. The van der Waals surface area contributed by atoms with E-state index in [9.17, 15) is 9.18 Å². The van der Waals surface area contributed by atoms with Crippen LogP contribution in [-0.2, 0) is 4.79 Å². The van der Waals surface area contributed by atoms with Gasteiger partial charge in [-0.15, -0.1) is 0 Å². The number of fused-ring (bicyclic) bond motifs is 1. The Balaban J connectivity index is 1.38. The van der Waals surface area contributed by atoms with E-state index in [0.29, 0.717) is 6.54 Å². The van der Waals surface area contributed by atoms with E-state index in [1.165, 1.54) is 6.07 Å². The molecule has 5 rings (SSSR count). The molecule has 0 saturated carbocycles. The van der Waals surface area contributed by atoms with E-state index in [1.807, 2.05) is 41.9 Å². The lowest BCUT2D eigenvalue weighted by Crippen LogP contribution is -2.40. The van der Waals surface area contributed by atoms with E-state index in [4.69, 9.17) is 4.98 Å². The van der Waals surface area contributed by atoms with E-state index in [1.54, 1.807) is 29.5 Å². The molecule has 1 aliphatic heterocycles. The van der Waals surface area contributed by atoms with E-state index in [2.05, 4.69) is 15.3 Å². The number of aromatic nitrogens is 3. The van der Waals surface area contributed by atoms with Gasteiger partial charge in [0.1, 0.15) is 5.82 Å². The number of carbonyl (C=O) groups is 1. The van der Waals surface area contributed by atoms with Crippen molar-refractivity contribution in [3.63, 3.8) is 0 Å². The predicted molar refractivity (Wildman–Crippen MR) is 121 cm³/mol. The van der Waals surface area contributed by atoms with Gasteiger partial charge in [0, 0.05) is 13.1 Å². The first-order valence-corrected chi connectivity index (χ1v) is 11.1. The first-order valence-electron chi connectivity index (χ1n) is 10.3. The second kappa shape index (κ2) is 8.11. The monoisotopic (exact) mass is 435 g/mol. The number of rotatable bonds is 4. The number of nitrogens with one attached hydrogen (secondary N) is 1. The van der Waals surface area contributed by atoms with Gasteiger partial charge in [0.2, 0.25) is 5.91 Å². The molecule has 0 spiro atoms. The Morgan fingerprint density at radius 3 is 2.74 bits per heavy atom. The fraction of sp³-hybridized carbons (Fsp3) is 0.261. The van der Waals surface area contributed by atoms with Crippen molar-refractivity contribution >= 4 is 38.4 Å². The van der Waals surface area contributed by atoms with Crippen LogP contribution in [0.15, 0.2) is 54.6 Å². The number of aryl methyl sites for hydroxylation is 1. The maximum Gasteiger partial charge on any atom is 0.229 e. The molecule has 1 fully saturated rings. The molecule has 1 atom stereocenters. The highest BCUT2D eigenvalue weighted by molar-refractivity contribution is 7.22. The van der Waals surface area contributed by atoms with Crippen molar-refractivity contribution in [1.82, 2.24) is 14.8 Å². The van der Waals surface area contributed by atoms with Crippen molar-refractivity contribution < 1.29 is 9.18 Å². The van der Waals surface area contributed by atoms with Crippen molar-refractivity contribution in [2.24, 2.45) is 5.92 Å². The van der Waals surface area contributed by atoms with Gasteiger partial charge >= 0.3 is 0 Å². The van der Waals surface area contributed by atoms with Crippen molar-refractivity contribution in [2.75, 3.05) is 23.3 Å². The van der Waals surface area contributed by atoms with E-state index < -0.39 is 5.82 Å². The van der Waals surface area contributed by atoms with Crippen LogP contribution in [0.3, 0.4) is 0 Å². The summed E-state index contributed by atoms with van der Waals surface area (Å²) in [6.07, 6.45) is 1.66. The van der Waals surface area contributed by atoms with Gasteiger partial charge in [-0.2, -0.15) is 10.1 Å². The number of thiazole rings is 1. The number of hydrogen-bond acceptors (Lipinski definition) is 5. The molecule has 3 heterocycles. The number of hydrogen-bond donors (Lipinski definition) is 1. The van der Waals surface area contributed by atoms with E-state index >= 15 is 0 Å². The smallest absolute Gasteiger partial charge is 0.229 e. The van der Waals surface area contributed by atoms with Gasteiger partial charge in [-0.1, -0.05) is 41.7 Å². The van der Waals surface area contributed by atoms with Gasteiger partial charge in [0.05, 0.1) is 27.7 Å². The van der Waals surface area contributed by atoms with Crippen molar-refractivity contribution in [3.8, 4) is 5.69 Å². The van der Waals surface area contributed by atoms with Gasteiger partial charge in [0.25, 0.3) is 0 Å². The van der Waals surface area contributed by atoms with E-state index in [0.717, 1.165) is 46.2 Å². The quantitative estimate of drug-likeness (QED) is 0.501. The zero-order valence-corrected chi connectivity index (χ0v) is 17.9. The molecule has 158 valence electrons. The zero-order chi connectivity index (χ0) is 21.4. The van der Waals surface area contributed by atoms with Crippen molar-refractivity contribution in [1.29, 1.82) is 0 Å². The third-order valence-electron chi connectivity index (χ3n) is 5.57. The highest BCUT2D eigenvalue weighted by Gasteiger charge is 2.29. The third-order valence-corrected chi connectivity index (χ3v) is 6.79. The summed E-state index contributed by atoms with van der Waals surface area (Å²) >= 11 is 1.61. The number of anilines is 2. The minimum Gasteiger partial charge on any atom is -0.347 e. The summed E-state index contributed by atoms with van der Waals surface area (Å²) in [5.41, 5.74) is 2.97. The van der Waals surface area contributed by atoms with Gasteiger partial charge in [-0.05, 0) is 44.0 Å². The molecule has 0 bridgehead atoms. The Labute approximate surface area is 183 Å². The summed E-state index contributed by atoms with van der Waals surface area (Å²) in [5.74, 6) is -0.787. The highest BCUT2D eigenvalue weighted by atomic mass is 32.1. The van der Waals surface area contributed by atoms with Crippen LogP contribution >= 0.6 is 11.3 Å². The van der Waals surface area contributed by atoms with Crippen molar-refractivity contribution in [3.05, 3.63) is 66.1 Å². The lowest BCUT2D eigenvalue weighted by atomic mass is 9.97. The normalized spacial score (nSPS) is 16.6. The molecule has 1 amide bonds. The molecule has 1 aliphatic rings. The first-order chi connectivity index (χ1) is 15.1. The van der Waals surface area contributed by atoms with Crippen LogP contribution in [0.1, 0.15) is 18.5 Å². The third kappa shape index (κ3) is 3.79. The Kier molecular flexibility index (Phi) is 5.15. The molecule has 1 N–H and O–H groups in total. The fourth-order valence-corrected chi connectivity index (χ4v) is 4.99. The van der Waals surface area contributed by atoms with Crippen LogP contribution < -0.4 is 10.2 Å². The number of para-hydroxylation sites is 2. The lowest BCUT2D eigenvalue weighted by Gasteiger charge is -2.31. The maximum absolute atomic E-state index is 13.9. The second-order valence-electron chi connectivity index (χ2n) is 7.74. The molecule has 2 aromatic heterocycles. The lowest BCUT2D eigenvalue weighted by molar-refractivity contribution is -0.120. The highest BCUT2D eigenvalue weighted by Crippen LogP contribution is 2.34. The Bertz CT molecular complexity index is 1240. The average Bonchev–Trinajstić information content (AvgIpc) is 3.37. The van der Waals surface area contributed by atoms with Crippen LogP contribution in [0.2, 0.25) is 0 Å². The Morgan fingerprint density at radius 2 is 1.94 bits per heavy atom. The van der Waals surface area contributed by atoms with E-state index in [-0.39, 0.29) is 17.5 Å². The molecule has 0 radical (unpaired) electrons. The molecule has 6 nitrogen and oxygen atoms in total. The Morgan fingerprint density at radius 1 is 1.16 bits per heavy atom. The molecule has 4 aromatic rings. The van der Waals surface area contributed by atoms with Crippen LogP contribution in [0.25, 0.3) is 16.0 Å². The largest absolute Gasteiger partial charge is 0.347 e. The van der Waals surface area contributed by atoms with Crippen LogP contribution in [0.4, 0.5) is 15.2 Å². The number of halogens is 1.